The van der Waals surface area contributed by atoms with Crippen molar-refractivity contribution >= 4 is 0 Å². The van der Waals surface area contributed by atoms with Gasteiger partial charge in [0.2, 0.25) is 0 Å². The van der Waals surface area contributed by atoms with Gasteiger partial charge in [0, 0.05) is 30.5 Å². The number of aromatic nitrogens is 3. The Morgan fingerprint density at radius 1 is 1.12 bits per heavy atom. The zero-order valence-electron chi connectivity index (χ0n) is 17.1. The number of aryl methyl sites for hydroxylation is 1. The number of hydrogen-bond donors (Lipinski definition) is 1. The molecule has 3 aromatic rings. The minimum atomic E-state index is -1.63. The van der Waals surface area contributed by atoms with Gasteiger partial charge >= 0.3 is 5.69 Å². The quantitative estimate of drug-likeness (QED) is 0.563. The SMILES string of the molecule is Cc1cncc(-n2c(=O)c(Cc3cc(F)c(F)c(F)c3)c(CCCO)n(CC#N)c2=O)c1. The molecule has 0 fully saturated rings. The molecule has 0 saturated heterocycles. The van der Waals surface area contributed by atoms with Gasteiger partial charge in [0.05, 0.1) is 18.0 Å². The van der Waals surface area contributed by atoms with Crippen LogP contribution in [0.25, 0.3) is 5.69 Å². The van der Waals surface area contributed by atoms with Gasteiger partial charge in [-0.05, 0) is 49.1 Å². The van der Waals surface area contributed by atoms with Crippen LogP contribution in [0.2, 0.25) is 0 Å². The fourth-order valence-corrected chi connectivity index (χ4v) is 3.49. The highest BCUT2D eigenvalue weighted by Crippen LogP contribution is 2.18. The average Bonchev–Trinajstić information content (AvgIpc) is 2.75. The molecule has 0 aliphatic rings. The summed E-state index contributed by atoms with van der Waals surface area (Å²) in [7, 11) is 0. The van der Waals surface area contributed by atoms with Gasteiger partial charge in [-0.25, -0.2) is 22.5 Å². The van der Waals surface area contributed by atoms with Crippen molar-refractivity contribution in [1.29, 1.82) is 5.26 Å². The average molecular weight is 444 g/mol. The number of aliphatic hydroxyl groups is 1. The van der Waals surface area contributed by atoms with Crippen molar-refractivity contribution in [3.63, 3.8) is 0 Å². The van der Waals surface area contributed by atoms with Crippen molar-refractivity contribution < 1.29 is 18.3 Å². The Morgan fingerprint density at radius 2 is 1.81 bits per heavy atom. The molecule has 0 amide bonds. The second-order valence-electron chi connectivity index (χ2n) is 7.19. The smallest absolute Gasteiger partial charge is 0.336 e. The lowest BCUT2D eigenvalue weighted by atomic mass is 10.0. The van der Waals surface area contributed by atoms with Gasteiger partial charge in [0.25, 0.3) is 5.56 Å². The van der Waals surface area contributed by atoms with Gasteiger partial charge < -0.3 is 5.11 Å². The predicted molar refractivity (Wildman–Crippen MR) is 109 cm³/mol. The molecule has 0 saturated carbocycles. The van der Waals surface area contributed by atoms with E-state index in [0.29, 0.717) is 5.56 Å². The van der Waals surface area contributed by atoms with Crippen LogP contribution < -0.4 is 11.2 Å². The fourth-order valence-electron chi connectivity index (χ4n) is 3.49. The minimum absolute atomic E-state index is 0.000198. The van der Waals surface area contributed by atoms with E-state index in [1.54, 1.807) is 13.0 Å². The van der Waals surface area contributed by atoms with Crippen LogP contribution in [-0.2, 0) is 19.4 Å². The summed E-state index contributed by atoms with van der Waals surface area (Å²) in [6, 6.07) is 4.96. The van der Waals surface area contributed by atoms with Crippen LogP contribution in [0.1, 0.15) is 28.8 Å². The van der Waals surface area contributed by atoms with E-state index in [0.717, 1.165) is 21.3 Å². The highest BCUT2D eigenvalue weighted by atomic mass is 19.2. The zero-order chi connectivity index (χ0) is 23.4. The summed E-state index contributed by atoms with van der Waals surface area (Å²) in [5.74, 6) is -4.46. The zero-order valence-corrected chi connectivity index (χ0v) is 17.1. The first-order valence-corrected chi connectivity index (χ1v) is 9.69. The van der Waals surface area contributed by atoms with Crippen molar-refractivity contribution in [2.75, 3.05) is 6.61 Å². The van der Waals surface area contributed by atoms with Gasteiger partial charge in [0.15, 0.2) is 17.5 Å². The molecule has 1 aromatic carbocycles. The number of rotatable bonds is 7. The van der Waals surface area contributed by atoms with Crippen LogP contribution in [0.15, 0.2) is 40.2 Å². The van der Waals surface area contributed by atoms with Gasteiger partial charge in [-0.1, -0.05) is 0 Å². The molecule has 3 rings (SSSR count). The van der Waals surface area contributed by atoms with Gasteiger partial charge in [-0.15, -0.1) is 0 Å². The van der Waals surface area contributed by atoms with Crippen LogP contribution in [0.5, 0.6) is 0 Å². The van der Waals surface area contributed by atoms with E-state index in [9.17, 15) is 33.1 Å². The van der Waals surface area contributed by atoms with Crippen molar-refractivity contribution in [3.8, 4) is 11.8 Å². The van der Waals surface area contributed by atoms with E-state index in [1.165, 1.54) is 12.4 Å². The largest absolute Gasteiger partial charge is 0.396 e. The molecular formula is C22H19F3N4O3. The third kappa shape index (κ3) is 4.48. The second-order valence-corrected chi connectivity index (χ2v) is 7.19. The topological polar surface area (TPSA) is 101 Å². The summed E-state index contributed by atoms with van der Waals surface area (Å²) in [5, 5.41) is 18.5. The van der Waals surface area contributed by atoms with Gasteiger partial charge in [0.1, 0.15) is 6.54 Å². The Kier molecular flexibility index (Phi) is 6.90. The summed E-state index contributed by atoms with van der Waals surface area (Å²) in [6.45, 7) is 1.08. The van der Waals surface area contributed by atoms with Gasteiger partial charge in [-0.2, -0.15) is 5.26 Å². The van der Waals surface area contributed by atoms with E-state index in [4.69, 9.17) is 0 Å². The molecule has 0 spiro atoms. The number of nitrogens with zero attached hydrogens (tertiary/aromatic N) is 4. The van der Waals surface area contributed by atoms with E-state index in [1.807, 2.05) is 6.07 Å². The number of pyridine rings is 1. The summed E-state index contributed by atoms with van der Waals surface area (Å²) >= 11 is 0. The molecule has 7 nitrogen and oxygen atoms in total. The van der Waals surface area contributed by atoms with Crippen molar-refractivity contribution in [3.05, 3.63) is 91.3 Å². The second kappa shape index (κ2) is 9.62. The standard InChI is InChI=1S/C22H19F3N4O3/c1-13-7-15(12-27-11-13)29-21(31)16(8-14-9-17(23)20(25)18(24)10-14)19(3-2-6-30)28(5-4-26)22(29)32/h7,9-12,30H,2-3,5-6,8H2,1H3. The normalized spacial score (nSPS) is 10.9. The molecule has 1 N–H and O–H groups in total. The lowest BCUT2D eigenvalue weighted by Gasteiger charge is -2.18. The van der Waals surface area contributed by atoms with Crippen LogP contribution in [-0.4, -0.2) is 25.8 Å². The number of benzene rings is 1. The summed E-state index contributed by atoms with van der Waals surface area (Å²) < 4.78 is 42.8. The summed E-state index contributed by atoms with van der Waals surface area (Å²) in [5.41, 5.74) is -0.559. The molecule has 0 unspecified atom stereocenters. The lowest BCUT2D eigenvalue weighted by molar-refractivity contribution is 0.287. The van der Waals surface area contributed by atoms with Crippen LogP contribution in [0.3, 0.4) is 0 Å². The van der Waals surface area contributed by atoms with Crippen LogP contribution >= 0.6 is 0 Å². The number of aliphatic hydroxyl groups excluding tert-OH is 1. The highest BCUT2D eigenvalue weighted by Gasteiger charge is 2.21. The van der Waals surface area contributed by atoms with Crippen LogP contribution in [0.4, 0.5) is 13.2 Å². The molecular weight excluding hydrogens is 425 g/mol. The summed E-state index contributed by atoms with van der Waals surface area (Å²) in [6.07, 6.45) is 2.76. The van der Waals surface area contributed by atoms with Gasteiger partial charge in [-0.3, -0.25) is 14.3 Å². The molecule has 32 heavy (non-hydrogen) atoms. The Morgan fingerprint density at radius 3 is 2.41 bits per heavy atom. The Balaban J connectivity index is 2.33. The van der Waals surface area contributed by atoms with Crippen molar-refractivity contribution in [2.24, 2.45) is 0 Å². The van der Waals surface area contributed by atoms with Crippen molar-refractivity contribution in [2.45, 2.75) is 32.7 Å². The lowest BCUT2D eigenvalue weighted by Crippen LogP contribution is -2.43. The first-order chi connectivity index (χ1) is 15.3. The first-order valence-electron chi connectivity index (χ1n) is 9.69. The predicted octanol–water partition coefficient (Wildman–Crippen LogP) is 2.16. The Hall–Kier alpha value is -3.71. The molecule has 0 aliphatic carbocycles. The molecule has 0 radical (unpaired) electrons. The van der Waals surface area contributed by atoms with E-state index < -0.39 is 35.2 Å². The van der Waals surface area contributed by atoms with E-state index >= 15 is 0 Å². The first kappa shape index (κ1) is 23.0. The molecule has 10 heteroatoms. The van der Waals surface area contributed by atoms with Crippen LogP contribution in [0, 0.1) is 35.7 Å². The molecule has 2 heterocycles. The maximum atomic E-state index is 13.8. The Labute approximate surface area is 180 Å². The monoisotopic (exact) mass is 444 g/mol. The number of halogens is 3. The third-order valence-electron chi connectivity index (χ3n) is 4.90. The maximum absolute atomic E-state index is 13.8. The van der Waals surface area contributed by atoms with E-state index in [2.05, 4.69) is 4.98 Å². The minimum Gasteiger partial charge on any atom is -0.396 e. The molecule has 0 bridgehead atoms. The van der Waals surface area contributed by atoms with E-state index in [-0.39, 0.29) is 48.4 Å². The molecule has 0 aliphatic heterocycles. The maximum Gasteiger partial charge on any atom is 0.336 e. The Bertz CT molecular complexity index is 1300. The highest BCUT2D eigenvalue weighted by molar-refractivity contribution is 5.36. The third-order valence-corrected chi connectivity index (χ3v) is 4.90. The fraction of sp³-hybridized carbons (Fsp3) is 0.273. The van der Waals surface area contributed by atoms with Crippen molar-refractivity contribution in [1.82, 2.24) is 14.1 Å². The molecule has 0 atom stereocenters. The molecule has 166 valence electrons. The number of hydrogen-bond acceptors (Lipinski definition) is 5. The number of nitriles is 1. The summed E-state index contributed by atoms with van der Waals surface area (Å²) in [4.78, 5) is 30.5. The molecule has 2 aromatic heterocycles.